The van der Waals surface area contributed by atoms with Crippen molar-refractivity contribution in [1.29, 1.82) is 0 Å². The topological polar surface area (TPSA) is 79.9 Å². The molecule has 0 spiro atoms. The van der Waals surface area contributed by atoms with Gasteiger partial charge in [0.2, 0.25) is 5.82 Å². The van der Waals surface area contributed by atoms with Crippen LogP contribution in [0.1, 0.15) is 42.6 Å². The van der Waals surface area contributed by atoms with Crippen molar-refractivity contribution < 1.29 is 9.53 Å². The van der Waals surface area contributed by atoms with Crippen molar-refractivity contribution in [3.05, 3.63) is 11.6 Å². The van der Waals surface area contributed by atoms with E-state index in [1.165, 1.54) is 6.42 Å². The maximum absolute atomic E-state index is 11.7. The predicted molar refractivity (Wildman–Crippen MR) is 61.7 cm³/mol. The first-order valence-electron chi connectivity index (χ1n) is 6.10. The van der Waals surface area contributed by atoms with Gasteiger partial charge in [-0.25, -0.2) is 4.98 Å². The summed E-state index contributed by atoms with van der Waals surface area (Å²) in [4.78, 5) is 15.8. The molecular weight excluding hydrogens is 220 g/mol. The van der Waals surface area contributed by atoms with Gasteiger partial charge in [-0.3, -0.25) is 9.89 Å². The van der Waals surface area contributed by atoms with Gasteiger partial charge in [0, 0.05) is 19.6 Å². The zero-order valence-corrected chi connectivity index (χ0v) is 10.0. The number of aromatic amines is 1. The monoisotopic (exact) mass is 238 g/mol. The number of nitrogens with zero attached hydrogens (tertiary/aromatic N) is 2. The minimum absolute atomic E-state index is 0.136. The van der Waals surface area contributed by atoms with Crippen molar-refractivity contribution >= 4 is 5.91 Å². The summed E-state index contributed by atoms with van der Waals surface area (Å²) >= 11 is 0. The van der Waals surface area contributed by atoms with Gasteiger partial charge in [0.25, 0.3) is 5.91 Å². The molecule has 1 aliphatic rings. The van der Waals surface area contributed by atoms with Crippen LogP contribution in [-0.2, 0) is 11.2 Å². The van der Waals surface area contributed by atoms with E-state index in [1.54, 1.807) is 0 Å². The predicted octanol–water partition coefficient (Wildman–Crippen LogP) is 0.666. The smallest absolute Gasteiger partial charge is 0.291 e. The van der Waals surface area contributed by atoms with E-state index in [4.69, 9.17) is 4.74 Å². The van der Waals surface area contributed by atoms with Crippen molar-refractivity contribution in [2.75, 3.05) is 13.2 Å². The number of ether oxygens (including phenoxy) is 1. The van der Waals surface area contributed by atoms with Gasteiger partial charge < -0.3 is 10.1 Å². The fraction of sp³-hybridized carbons (Fsp3) is 0.727. The van der Waals surface area contributed by atoms with Crippen molar-refractivity contribution in [3.63, 3.8) is 0 Å². The third-order valence-corrected chi connectivity index (χ3v) is 2.83. The first-order valence-corrected chi connectivity index (χ1v) is 6.10. The highest BCUT2D eigenvalue weighted by molar-refractivity contribution is 5.90. The molecule has 1 aromatic heterocycles. The Morgan fingerprint density at radius 3 is 3.12 bits per heavy atom. The number of hydrogen-bond donors (Lipinski definition) is 2. The van der Waals surface area contributed by atoms with Gasteiger partial charge in [-0.15, -0.1) is 5.10 Å². The Morgan fingerprint density at radius 2 is 2.47 bits per heavy atom. The lowest BCUT2D eigenvalue weighted by Gasteiger charge is -2.22. The zero-order valence-electron chi connectivity index (χ0n) is 10.0. The van der Waals surface area contributed by atoms with Gasteiger partial charge in [0.1, 0.15) is 5.82 Å². The van der Waals surface area contributed by atoms with Crippen LogP contribution < -0.4 is 5.32 Å². The molecule has 1 aliphatic heterocycles. The molecule has 1 aromatic rings. The largest absolute Gasteiger partial charge is 0.376 e. The van der Waals surface area contributed by atoms with E-state index in [0.717, 1.165) is 31.7 Å². The van der Waals surface area contributed by atoms with Crippen LogP contribution in [0, 0.1) is 0 Å². The van der Waals surface area contributed by atoms with Gasteiger partial charge >= 0.3 is 0 Å². The number of rotatable bonds is 4. The SMILES string of the molecule is CCc1nc(C(=O)NCC2CCCCO2)n[nH]1. The average Bonchev–Trinajstić information content (AvgIpc) is 2.86. The van der Waals surface area contributed by atoms with Crippen LogP contribution in [0.25, 0.3) is 0 Å². The third-order valence-electron chi connectivity index (χ3n) is 2.83. The molecule has 17 heavy (non-hydrogen) atoms. The molecular formula is C11H18N4O2. The summed E-state index contributed by atoms with van der Waals surface area (Å²) in [5.41, 5.74) is 0. The molecule has 6 nitrogen and oxygen atoms in total. The summed E-state index contributed by atoms with van der Waals surface area (Å²) in [6, 6.07) is 0. The number of aryl methyl sites for hydroxylation is 1. The maximum Gasteiger partial charge on any atom is 0.291 e. The summed E-state index contributed by atoms with van der Waals surface area (Å²) in [6.07, 6.45) is 4.17. The molecule has 1 fully saturated rings. The Labute approximate surface area is 100 Å². The molecule has 0 radical (unpaired) electrons. The maximum atomic E-state index is 11.7. The highest BCUT2D eigenvalue weighted by Crippen LogP contribution is 2.11. The van der Waals surface area contributed by atoms with Gasteiger partial charge in [0.15, 0.2) is 0 Å². The third kappa shape index (κ3) is 3.26. The first kappa shape index (κ1) is 12.0. The van der Waals surface area contributed by atoms with Gasteiger partial charge in [0.05, 0.1) is 6.10 Å². The molecule has 1 saturated heterocycles. The molecule has 2 heterocycles. The van der Waals surface area contributed by atoms with E-state index in [2.05, 4.69) is 20.5 Å². The minimum atomic E-state index is -0.241. The number of nitrogens with one attached hydrogen (secondary N) is 2. The standard InChI is InChI=1S/C11H18N4O2/c1-2-9-13-10(15-14-9)11(16)12-7-8-5-3-4-6-17-8/h8H,2-7H2,1H3,(H,12,16)(H,13,14,15). The molecule has 0 saturated carbocycles. The van der Waals surface area contributed by atoms with Gasteiger partial charge in [-0.1, -0.05) is 6.92 Å². The normalized spacial score (nSPS) is 20.2. The highest BCUT2D eigenvalue weighted by atomic mass is 16.5. The molecule has 0 aliphatic carbocycles. The first-order chi connectivity index (χ1) is 8.29. The van der Waals surface area contributed by atoms with Crippen molar-refractivity contribution in [2.24, 2.45) is 0 Å². The van der Waals surface area contributed by atoms with E-state index in [1.807, 2.05) is 6.92 Å². The van der Waals surface area contributed by atoms with Crippen LogP contribution >= 0.6 is 0 Å². The number of carbonyl (C=O) groups excluding carboxylic acids is 1. The summed E-state index contributed by atoms with van der Waals surface area (Å²) in [6.45, 7) is 3.29. The lowest BCUT2D eigenvalue weighted by atomic mass is 10.1. The Hall–Kier alpha value is -1.43. The summed E-state index contributed by atoms with van der Waals surface area (Å²) in [5, 5.41) is 9.38. The second-order valence-corrected chi connectivity index (χ2v) is 4.16. The zero-order chi connectivity index (χ0) is 12.1. The molecule has 2 N–H and O–H groups in total. The molecule has 1 atom stereocenters. The summed E-state index contributed by atoms with van der Waals surface area (Å²) in [5.74, 6) is 0.692. The Morgan fingerprint density at radius 1 is 1.59 bits per heavy atom. The van der Waals surface area contributed by atoms with Gasteiger partial charge in [-0.05, 0) is 19.3 Å². The van der Waals surface area contributed by atoms with Crippen LogP contribution in [0.5, 0.6) is 0 Å². The molecule has 0 bridgehead atoms. The molecule has 1 amide bonds. The van der Waals surface area contributed by atoms with E-state index in [0.29, 0.717) is 6.54 Å². The lowest BCUT2D eigenvalue weighted by Crippen LogP contribution is -2.35. The quantitative estimate of drug-likeness (QED) is 0.807. The highest BCUT2D eigenvalue weighted by Gasteiger charge is 2.17. The minimum Gasteiger partial charge on any atom is -0.376 e. The Balaban J connectivity index is 1.80. The summed E-state index contributed by atoms with van der Waals surface area (Å²) in [7, 11) is 0. The van der Waals surface area contributed by atoms with Crippen LogP contribution in [0.2, 0.25) is 0 Å². The molecule has 2 rings (SSSR count). The molecule has 6 heteroatoms. The Kier molecular flexibility index (Phi) is 4.08. The number of aromatic nitrogens is 3. The average molecular weight is 238 g/mol. The Bertz CT molecular complexity index is 371. The lowest BCUT2D eigenvalue weighted by molar-refractivity contribution is 0.0168. The van der Waals surface area contributed by atoms with E-state index in [-0.39, 0.29) is 17.8 Å². The van der Waals surface area contributed by atoms with Crippen LogP contribution in [0.15, 0.2) is 0 Å². The molecule has 0 aromatic carbocycles. The van der Waals surface area contributed by atoms with E-state index < -0.39 is 0 Å². The second kappa shape index (κ2) is 5.77. The van der Waals surface area contributed by atoms with Crippen LogP contribution in [-0.4, -0.2) is 40.3 Å². The number of H-pyrrole nitrogens is 1. The van der Waals surface area contributed by atoms with Crippen molar-refractivity contribution in [3.8, 4) is 0 Å². The second-order valence-electron chi connectivity index (χ2n) is 4.16. The van der Waals surface area contributed by atoms with E-state index in [9.17, 15) is 4.79 Å². The fourth-order valence-electron chi connectivity index (χ4n) is 1.81. The molecule has 94 valence electrons. The molecule has 1 unspecified atom stereocenters. The summed E-state index contributed by atoms with van der Waals surface area (Å²) < 4.78 is 5.53. The fourth-order valence-corrected chi connectivity index (χ4v) is 1.81. The van der Waals surface area contributed by atoms with Crippen LogP contribution in [0.4, 0.5) is 0 Å². The number of amides is 1. The van der Waals surface area contributed by atoms with E-state index >= 15 is 0 Å². The van der Waals surface area contributed by atoms with Crippen LogP contribution in [0.3, 0.4) is 0 Å². The number of carbonyl (C=O) groups is 1. The van der Waals surface area contributed by atoms with Gasteiger partial charge in [-0.2, -0.15) is 0 Å². The van der Waals surface area contributed by atoms with Crippen molar-refractivity contribution in [1.82, 2.24) is 20.5 Å². The number of hydrogen-bond acceptors (Lipinski definition) is 4. The van der Waals surface area contributed by atoms with Crippen molar-refractivity contribution in [2.45, 2.75) is 38.7 Å².